The maximum atomic E-state index is 12.4. The molecule has 2 unspecified atom stereocenters. The molecule has 3 amide bonds. The lowest BCUT2D eigenvalue weighted by Crippen LogP contribution is -2.59. The topological polar surface area (TPSA) is 75.9 Å². The van der Waals surface area contributed by atoms with Crippen LogP contribution in [0.5, 0.6) is 0 Å². The van der Waals surface area contributed by atoms with Gasteiger partial charge in [0.15, 0.2) is 0 Å². The number of rotatable bonds is 1. The normalized spacial score (nSPS) is 29.2. The first-order valence-electron chi connectivity index (χ1n) is 6.52. The highest BCUT2D eigenvalue weighted by molar-refractivity contribution is 5.86. The van der Waals surface area contributed by atoms with E-state index in [1.54, 1.807) is 4.90 Å². The zero-order valence-corrected chi connectivity index (χ0v) is 10.8. The highest BCUT2D eigenvalue weighted by atomic mass is 16.5. The van der Waals surface area contributed by atoms with E-state index >= 15 is 0 Å². The molecule has 2 aliphatic rings. The monoisotopic (exact) mass is 255 g/mol. The minimum atomic E-state index is -0.622. The molecule has 0 bridgehead atoms. The van der Waals surface area contributed by atoms with Crippen LogP contribution in [0.25, 0.3) is 0 Å². The molecule has 2 heterocycles. The minimum Gasteiger partial charge on any atom is -0.377 e. The Balaban J connectivity index is 2.03. The van der Waals surface area contributed by atoms with Gasteiger partial charge >= 0.3 is 6.03 Å². The van der Waals surface area contributed by atoms with Gasteiger partial charge in [0.25, 0.3) is 0 Å². The van der Waals surface area contributed by atoms with E-state index in [0.29, 0.717) is 19.1 Å². The van der Waals surface area contributed by atoms with Crippen LogP contribution < -0.4 is 5.73 Å². The number of primary amides is 1. The van der Waals surface area contributed by atoms with Gasteiger partial charge in [-0.1, -0.05) is 6.92 Å². The summed E-state index contributed by atoms with van der Waals surface area (Å²) in [5, 5.41) is 0. The molecule has 102 valence electrons. The largest absolute Gasteiger partial charge is 0.377 e. The number of carbonyl (C=O) groups excluding carboxylic acids is 2. The van der Waals surface area contributed by atoms with E-state index in [9.17, 15) is 9.59 Å². The van der Waals surface area contributed by atoms with Gasteiger partial charge in [-0.25, -0.2) is 4.79 Å². The van der Waals surface area contributed by atoms with Crippen molar-refractivity contribution in [3.8, 4) is 0 Å². The second-order valence-corrected chi connectivity index (χ2v) is 5.16. The molecule has 2 N–H and O–H groups in total. The van der Waals surface area contributed by atoms with Crippen molar-refractivity contribution < 1.29 is 14.3 Å². The van der Waals surface area contributed by atoms with E-state index in [4.69, 9.17) is 10.5 Å². The first-order chi connectivity index (χ1) is 8.59. The van der Waals surface area contributed by atoms with Gasteiger partial charge in [-0.2, -0.15) is 0 Å². The van der Waals surface area contributed by atoms with Crippen LogP contribution in [-0.4, -0.2) is 60.6 Å². The standard InChI is InChI=1S/C12H21N3O3/c1-9-3-2-4-14(7-9)12(17)15-5-6-18-8-10(15)11(13)16/h9-10H,2-8H2,1H3,(H2,13,16). The molecule has 2 atom stereocenters. The van der Waals surface area contributed by atoms with Crippen molar-refractivity contribution in [3.63, 3.8) is 0 Å². The Morgan fingerprint density at radius 2 is 2.11 bits per heavy atom. The third-order valence-corrected chi connectivity index (χ3v) is 3.63. The quantitative estimate of drug-likeness (QED) is 0.718. The fraction of sp³-hybridized carbons (Fsp3) is 0.833. The lowest BCUT2D eigenvalue weighted by atomic mass is 10.0. The Morgan fingerprint density at radius 1 is 1.33 bits per heavy atom. The summed E-state index contributed by atoms with van der Waals surface area (Å²) < 4.78 is 5.22. The average molecular weight is 255 g/mol. The molecule has 2 fully saturated rings. The van der Waals surface area contributed by atoms with Crippen molar-refractivity contribution in [1.29, 1.82) is 0 Å². The highest BCUT2D eigenvalue weighted by Crippen LogP contribution is 2.18. The SMILES string of the molecule is CC1CCCN(C(=O)N2CCOCC2C(N)=O)C1. The van der Waals surface area contributed by atoms with Crippen molar-refractivity contribution in [1.82, 2.24) is 9.80 Å². The number of urea groups is 1. The Kier molecular flexibility index (Phi) is 4.06. The molecule has 0 spiro atoms. The van der Waals surface area contributed by atoms with Gasteiger partial charge in [0.1, 0.15) is 6.04 Å². The van der Waals surface area contributed by atoms with Gasteiger partial charge in [0, 0.05) is 19.6 Å². The maximum Gasteiger partial charge on any atom is 0.320 e. The number of carbonyl (C=O) groups is 2. The van der Waals surface area contributed by atoms with Gasteiger partial charge in [0.2, 0.25) is 5.91 Å². The molecule has 0 aromatic heterocycles. The van der Waals surface area contributed by atoms with Crippen molar-refractivity contribution in [3.05, 3.63) is 0 Å². The van der Waals surface area contributed by atoms with E-state index in [-0.39, 0.29) is 12.6 Å². The first-order valence-corrected chi connectivity index (χ1v) is 6.52. The molecule has 0 aromatic carbocycles. The molecule has 0 saturated carbocycles. The summed E-state index contributed by atoms with van der Waals surface area (Å²) in [5.74, 6) is 0.0314. The van der Waals surface area contributed by atoms with Crippen LogP contribution in [0.1, 0.15) is 19.8 Å². The van der Waals surface area contributed by atoms with Gasteiger partial charge in [-0.3, -0.25) is 4.79 Å². The van der Waals surface area contributed by atoms with E-state index in [1.165, 1.54) is 0 Å². The molecule has 18 heavy (non-hydrogen) atoms. The van der Waals surface area contributed by atoms with E-state index < -0.39 is 11.9 Å². The summed E-state index contributed by atoms with van der Waals surface area (Å²) in [4.78, 5) is 27.1. The summed E-state index contributed by atoms with van der Waals surface area (Å²) >= 11 is 0. The molecule has 2 aliphatic heterocycles. The molecule has 2 saturated heterocycles. The second-order valence-electron chi connectivity index (χ2n) is 5.16. The summed E-state index contributed by atoms with van der Waals surface area (Å²) in [7, 11) is 0. The Bertz CT molecular complexity index is 335. The summed E-state index contributed by atoms with van der Waals surface area (Å²) in [6.07, 6.45) is 2.19. The Labute approximate surface area is 107 Å². The predicted octanol–water partition coefficient (Wildman–Crippen LogP) is 0.0244. The number of ether oxygens (including phenoxy) is 1. The van der Waals surface area contributed by atoms with Crippen LogP contribution in [0.15, 0.2) is 0 Å². The molecular formula is C12H21N3O3. The number of amides is 3. The lowest BCUT2D eigenvalue weighted by molar-refractivity contribution is -0.127. The number of nitrogens with zero attached hydrogens (tertiary/aromatic N) is 2. The van der Waals surface area contributed by atoms with Crippen LogP contribution in [-0.2, 0) is 9.53 Å². The number of morpholine rings is 1. The zero-order valence-electron chi connectivity index (χ0n) is 10.8. The van der Waals surface area contributed by atoms with Gasteiger partial charge in [0.05, 0.1) is 13.2 Å². The molecule has 0 aromatic rings. The predicted molar refractivity (Wildman–Crippen MR) is 65.9 cm³/mol. The Morgan fingerprint density at radius 3 is 2.78 bits per heavy atom. The fourth-order valence-electron chi connectivity index (χ4n) is 2.61. The van der Waals surface area contributed by atoms with Crippen molar-refractivity contribution >= 4 is 11.9 Å². The van der Waals surface area contributed by atoms with Gasteiger partial charge in [-0.05, 0) is 18.8 Å². The smallest absolute Gasteiger partial charge is 0.320 e. The van der Waals surface area contributed by atoms with Crippen molar-refractivity contribution in [2.24, 2.45) is 11.7 Å². The summed E-state index contributed by atoms with van der Waals surface area (Å²) in [6.45, 7) is 4.80. The summed E-state index contributed by atoms with van der Waals surface area (Å²) in [6, 6.07) is -0.697. The van der Waals surface area contributed by atoms with Crippen LogP contribution in [0.3, 0.4) is 0 Å². The van der Waals surface area contributed by atoms with E-state index in [2.05, 4.69) is 6.92 Å². The van der Waals surface area contributed by atoms with Crippen molar-refractivity contribution in [2.45, 2.75) is 25.8 Å². The summed E-state index contributed by atoms with van der Waals surface area (Å²) in [5.41, 5.74) is 5.32. The molecule has 2 rings (SSSR count). The van der Waals surface area contributed by atoms with Crippen LogP contribution >= 0.6 is 0 Å². The third kappa shape index (κ3) is 2.75. The molecular weight excluding hydrogens is 234 g/mol. The van der Waals surface area contributed by atoms with Gasteiger partial charge in [-0.15, -0.1) is 0 Å². The Hall–Kier alpha value is -1.30. The van der Waals surface area contributed by atoms with Crippen molar-refractivity contribution in [2.75, 3.05) is 32.8 Å². The molecule has 0 aliphatic carbocycles. The molecule has 6 nitrogen and oxygen atoms in total. The first kappa shape index (κ1) is 13.1. The zero-order chi connectivity index (χ0) is 13.1. The third-order valence-electron chi connectivity index (χ3n) is 3.63. The second kappa shape index (κ2) is 5.56. The average Bonchev–Trinajstić information content (AvgIpc) is 2.38. The fourth-order valence-corrected chi connectivity index (χ4v) is 2.61. The molecule has 6 heteroatoms. The van der Waals surface area contributed by atoms with Crippen LogP contribution in [0.4, 0.5) is 4.79 Å². The van der Waals surface area contributed by atoms with Crippen LogP contribution in [0, 0.1) is 5.92 Å². The molecule has 0 radical (unpaired) electrons. The van der Waals surface area contributed by atoms with E-state index in [0.717, 1.165) is 25.9 Å². The van der Waals surface area contributed by atoms with Crippen LogP contribution in [0.2, 0.25) is 0 Å². The highest BCUT2D eigenvalue weighted by Gasteiger charge is 2.34. The number of nitrogens with two attached hydrogens (primary N) is 1. The maximum absolute atomic E-state index is 12.4. The number of likely N-dealkylation sites (tertiary alicyclic amines) is 1. The minimum absolute atomic E-state index is 0.0753. The number of hydrogen-bond acceptors (Lipinski definition) is 3. The van der Waals surface area contributed by atoms with E-state index in [1.807, 2.05) is 4.90 Å². The lowest BCUT2D eigenvalue weighted by Gasteiger charge is -2.39. The number of piperidine rings is 1. The number of hydrogen-bond donors (Lipinski definition) is 1. The van der Waals surface area contributed by atoms with Gasteiger partial charge < -0.3 is 20.3 Å².